The molecule has 0 atom stereocenters. The molecule has 1 aromatic carbocycles. The van der Waals surface area contributed by atoms with Gasteiger partial charge in [0.25, 0.3) is 0 Å². The number of aromatic nitrogens is 1. The molecule has 0 amide bonds. The van der Waals surface area contributed by atoms with Crippen LogP contribution in [0.5, 0.6) is 0 Å². The van der Waals surface area contributed by atoms with Crippen LogP contribution in [0.2, 0.25) is 5.15 Å². The normalized spacial score (nSPS) is 10.7. The number of hydrogen-bond acceptors (Lipinski definition) is 2. The van der Waals surface area contributed by atoms with Crippen molar-refractivity contribution in [3.05, 3.63) is 34.5 Å². The first-order chi connectivity index (χ1) is 7.95. The third kappa shape index (κ3) is 1.55. The molecule has 2 N–H and O–H groups in total. The van der Waals surface area contributed by atoms with Gasteiger partial charge in [-0.05, 0) is 6.07 Å². The molecule has 0 radical (unpaired) electrons. The molecular weight excluding hydrogens is 246 g/mol. The van der Waals surface area contributed by atoms with Gasteiger partial charge in [-0.2, -0.15) is 0 Å². The summed E-state index contributed by atoms with van der Waals surface area (Å²) in [5.74, 6) is -2.30. The van der Waals surface area contributed by atoms with Gasteiger partial charge in [-0.3, -0.25) is 0 Å². The topological polar surface area (TPSA) is 79.5 Å². The van der Waals surface area contributed by atoms with Gasteiger partial charge in [0.15, 0.2) is 0 Å². The van der Waals surface area contributed by atoms with Crippen LogP contribution < -0.4 is 0 Å². The van der Waals surface area contributed by atoms with Crippen molar-refractivity contribution >= 4 is 34.4 Å². The first-order valence-corrected chi connectivity index (χ1v) is 5.06. The molecule has 6 heteroatoms. The first kappa shape index (κ1) is 11.5. The van der Waals surface area contributed by atoms with Crippen molar-refractivity contribution in [3.8, 4) is 0 Å². The summed E-state index contributed by atoms with van der Waals surface area (Å²) >= 11 is 5.90. The summed E-state index contributed by atoms with van der Waals surface area (Å²) in [5.41, 5.74) is 0.258. The Morgan fingerprint density at radius 2 is 1.88 bits per heavy atom. The van der Waals surface area contributed by atoms with E-state index in [2.05, 4.69) is 0 Å². The molecule has 0 unspecified atom stereocenters. The lowest BCUT2D eigenvalue weighted by Crippen LogP contribution is -2.00. The number of carboxylic acids is 2. The summed E-state index contributed by atoms with van der Waals surface area (Å²) < 4.78 is 1.36. The standard InChI is InChI=1S/C11H8ClNO4/c1-13-8-5(7(9(13)12)11(16)17)3-2-4-6(8)10(14)15/h2-4H,1H3,(H,14,15)(H,16,17). The van der Waals surface area contributed by atoms with Crippen LogP contribution in [-0.2, 0) is 7.05 Å². The van der Waals surface area contributed by atoms with E-state index in [0.717, 1.165) is 0 Å². The Hall–Kier alpha value is -2.01. The van der Waals surface area contributed by atoms with Crippen LogP contribution in [0.15, 0.2) is 18.2 Å². The summed E-state index contributed by atoms with van der Waals surface area (Å²) in [6.07, 6.45) is 0. The molecule has 2 rings (SSSR count). The molecular formula is C11H8ClNO4. The Labute approximate surface area is 101 Å². The van der Waals surface area contributed by atoms with E-state index in [1.54, 1.807) is 0 Å². The number of halogens is 1. The minimum atomic E-state index is -1.18. The van der Waals surface area contributed by atoms with Crippen LogP contribution in [-0.4, -0.2) is 26.7 Å². The smallest absolute Gasteiger partial charge is 0.339 e. The van der Waals surface area contributed by atoms with Crippen molar-refractivity contribution < 1.29 is 19.8 Å². The number of fused-ring (bicyclic) bond motifs is 1. The quantitative estimate of drug-likeness (QED) is 0.860. The van der Waals surface area contributed by atoms with E-state index in [1.165, 1.54) is 29.8 Å². The number of hydrogen-bond donors (Lipinski definition) is 2. The van der Waals surface area contributed by atoms with Gasteiger partial charge in [0, 0.05) is 12.4 Å². The fraction of sp³-hybridized carbons (Fsp3) is 0.0909. The second kappa shape index (κ2) is 3.78. The molecule has 0 spiro atoms. The molecule has 0 saturated carbocycles. The minimum absolute atomic E-state index is 0.0150. The molecule has 17 heavy (non-hydrogen) atoms. The molecule has 0 aliphatic heterocycles. The van der Waals surface area contributed by atoms with Crippen LogP contribution in [0, 0.1) is 0 Å². The average Bonchev–Trinajstić information content (AvgIpc) is 2.51. The second-order valence-electron chi connectivity index (χ2n) is 3.54. The lowest BCUT2D eigenvalue weighted by atomic mass is 10.1. The third-order valence-corrected chi connectivity index (χ3v) is 3.03. The number of rotatable bonds is 2. The summed E-state index contributed by atoms with van der Waals surface area (Å²) in [4.78, 5) is 22.1. The molecule has 0 saturated heterocycles. The monoisotopic (exact) mass is 253 g/mol. The Balaban J connectivity index is 2.99. The van der Waals surface area contributed by atoms with Gasteiger partial charge in [0.05, 0.1) is 11.1 Å². The lowest BCUT2D eigenvalue weighted by molar-refractivity contribution is 0.0687. The molecule has 88 valence electrons. The maximum Gasteiger partial charge on any atom is 0.339 e. The first-order valence-electron chi connectivity index (χ1n) is 4.68. The number of benzene rings is 1. The summed E-state index contributed by atoms with van der Waals surface area (Å²) in [5, 5.41) is 18.4. The minimum Gasteiger partial charge on any atom is -0.478 e. The zero-order valence-electron chi connectivity index (χ0n) is 8.77. The van der Waals surface area contributed by atoms with Crippen LogP contribution in [0.1, 0.15) is 20.7 Å². The summed E-state index contributed by atoms with van der Waals surface area (Å²) in [7, 11) is 1.53. The Bertz CT molecular complexity index is 644. The van der Waals surface area contributed by atoms with Crippen molar-refractivity contribution in [2.75, 3.05) is 0 Å². The lowest BCUT2D eigenvalue weighted by Gasteiger charge is -2.01. The predicted molar refractivity (Wildman–Crippen MR) is 61.8 cm³/mol. The number of nitrogens with zero attached hydrogens (tertiary/aromatic N) is 1. The largest absolute Gasteiger partial charge is 0.478 e. The summed E-state index contributed by atoms with van der Waals surface area (Å²) in [6.45, 7) is 0. The Morgan fingerprint density at radius 1 is 1.24 bits per heavy atom. The number of aromatic carboxylic acids is 2. The van der Waals surface area contributed by atoms with Crippen molar-refractivity contribution in [3.63, 3.8) is 0 Å². The molecule has 2 aromatic rings. The second-order valence-corrected chi connectivity index (χ2v) is 3.89. The van der Waals surface area contributed by atoms with Gasteiger partial charge >= 0.3 is 11.9 Å². The van der Waals surface area contributed by atoms with Crippen molar-refractivity contribution in [1.29, 1.82) is 0 Å². The molecule has 0 aliphatic carbocycles. The zero-order chi connectivity index (χ0) is 12.7. The number of para-hydroxylation sites is 1. The van der Waals surface area contributed by atoms with Crippen molar-refractivity contribution in [1.82, 2.24) is 4.57 Å². The van der Waals surface area contributed by atoms with E-state index in [-0.39, 0.29) is 16.3 Å². The van der Waals surface area contributed by atoms with E-state index in [4.69, 9.17) is 21.8 Å². The number of carboxylic acid groups (broad SMARTS) is 2. The predicted octanol–water partition coefficient (Wildman–Crippen LogP) is 2.23. The van der Waals surface area contributed by atoms with E-state index in [0.29, 0.717) is 10.9 Å². The van der Waals surface area contributed by atoms with Crippen LogP contribution in [0.3, 0.4) is 0 Å². The average molecular weight is 254 g/mol. The fourth-order valence-electron chi connectivity index (χ4n) is 1.86. The van der Waals surface area contributed by atoms with E-state index in [9.17, 15) is 9.59 Å². The highest BCUT2D eigenvalue weighted by Crippen LogP contribution is 2.31. The molecule has 0 aliphatic rings. The van der Waals surface area contributed by atoms with Gasteiger partial charge in [-0.1, -0.05) is 23.7 Å². The third-order valence-electron chi connectivity index (χ3n) is 2.59. The fourth-order valence-corrected chi connectivity index (χ4v) is 2.13. The summed E-state index contributed by atoms with van der Waals surface area (Å²) in [6, 6.07) is 4.44. The molecule has 5 nitrogen and oxygen atoms in total. The van der Waals surface area contributed by atoms with Crippen molar-refractivity contribution in [2.24, 2.45) is 7.05 Å². The van der Waals surface area contributed by atoms with E-state index < -0.39 is 11.9 Å². The molecule has 1 heterocycles. The molecule has 0 fully saturated rings. The maximum atomic E-state index is 11.1. The van der Waals surface area contributed by atoms with Gasteiger partial charge in [-0.15, -0.1) is 0 Å². The van der Waals surface area contributed by atoms with Crippen LogP contribution in [0.25, 0.3) is 10.9 Å². The van der Waals surface area contributed by atoms with E-state index >= 15 is 0 Å². The highest BCUT2D eigenvalue weighted by Gasteiger charge is 2.22. The zero-order valence-corrected chi connectivity index (χ0v) is 9.52. The highest BCUT2D eigenvalue weighted by atomic mass is 35.5. The highest BCUT2D eigenvalue weighted by molar-refractivity contribution is 6.35. The van der Waals surface area contributed by atoms with Gasteiger partial charge in [0.2, 0.25) is 0 Å². The van der Waals surface area contributed by atoms with Gasteiger partial charge < -0.3 is 14.8 Å². The van der Waals surface area contributed by atoms with Gasteiger partial charge in [-0.25, -0.2) is 9.59 Å². The Morgan fingerprint density at radius 3 is 2.41 bits per heavy atom. The van der Waals surface area contributed by atoms with Crippen LogP contribution in [0.4, 0.5) is 0 Å². The SMILES string of the molecule is Cn1c(Cl)c(C(=O)O)c2cccc(C(=O)O)c21. The number of carbonyl (C=O) groups is 2. The number of aryl methyl sites for hydroxylation is 1. The Kier molecular flexibility index (Phi) is 2.55. The van der Waals surface area contributed by atoms with Crippen LogP contribution >= 0.6 is 11.6 Å². The van der Waals surface area contributed by atoms with E-state index in [1.807, 2.05) is 0 Å². The molecule has 0 bridgehead atoms. The van der Waals surface area contributed by atoms with Gasteiger partial charge in [0.1, 0.15) is 10.7 Å². The van der Waals surface area contributed by atoms with Crippen molar-refractivity contribution in [2.45, 2.75) is 0 Å². The molecule has 1 aromatic heterocycles. The maximum absolute atomic E-state index is 11.1.